The number of nitrogens with zero attached hydrogens (tertiary/aromatic N) is 2. The van der Waals surface area contributed by atoms with Crippen molar-refractivity contribution in [1.82, 2.24) is 4.98 Å². The summed E-state index contributed by atoms with van der Waals surface area (Å²) in [6, 6.07) is 2.98. The molecule has 0 radical (unpaired) electrons. The Morgan fingerprint density at radius 1 is 1.37 bits per heavy atom. The molecule has 0 aromatic carbocycles. The fourth-order valence-electron chi connectivity index (χ4n) is 1.53. The van der Waals surface area contributed by atoms with Crippen LogP contribution >= 0.6 is 0 Å². The predicted octanol–water partition coefficient (Wildman–Crippen LogP) is 0.999. The van der Waals surface area contributed by atoms with E-state index in [1.54, 1.807) is 13.1 Å². The second-order valence-corrected chi connectivity index (χ2v) is 5.48. The minimum Gasteiger partial charge on any atom is -0.478 e. The molecule has 0 saturated carbocycles. The smallest absolute Gasteiger partial charge is 0.335 e. The van der Waals surface area contributed by atoms with E-state index in [9.17, 15) is 9.59 Å². The number of anilines is 1. The first kappa shape index (κ1) is 14.9. The highest BCUT2D eigenvalue weighted by atomic mass is 16.4. The number of carbonyl (C=O) groups excluding carboxylic acids is 1. The minimum atomic E-state index is -1.03. The van der Waals surface area contributed by atoms with E-state index in [0.717, 1.165) is 0 Å². The zero-order valence-electron chi connectivity index (χ0n) is 11.6. The number of nitrogens with two attached hydrogens (primary N) is 1. The summed E-state index contributed by atoms with van der Waals surface area (Å²) in [5, 5.41) is 9.13. The number of carboxylic acids is 1. The van der Waals surface area contributed by atoms with E-state index in [2.05, 4.69) is 4.98 Å². The first-order valence-electron chi connectivity index (χ1n) is 5.86. The Labute approximate surface area is 112 Å². The van der Waals surface area contributed by atoms with Crippen LogP contribution in [0.5, 0.6) is 0 Å². The van der Waals surface area contributed by atoms with Crippen molar-refractivity contribution in [2.24, 2.45) is 5.73 Å². The number of aromatic nitrogens is 1. The Bertz CT molecular complexity index is 506. The summed E-state index contributed by atoms with van der Waals surface area (Å²) in [6.07, 6.45) is 0. The highest BCUT2D eigenvalue weighted by Gasteiger charge is 2.20. The molecule has 0 aliphatic carbocycles. The number of aromatic carboxylic acids is 1. The van der Waals surface area contributed by atoms with Crippen LogP contribution in [-0.2, 0) is 10.2 Å². The summed E-state index contributed by atoms with van der Waals surface area (Å²) >= 11 is 0. The van der Waals surface area contributed by atoms with Gasteiger partial charge in [-0.25, -0.2) is 9.78 Å². The molecule has 0 bridgehead atoms. The predicted molar refractivity (Wildman–Crippen MR) is 72.4 cm³/mol. The number of hydrogen-bond donors (Lipinski definition) is 2. The van der Waals surface area contributed by atoms with E-state index in [0.29, 0.717) is 11.5 Å². The molecule has 0 fully saturated rings. The van der Waals surface area contributed by atoms with Gasteiger partial charge in [-0.3, -0.25) is 4.79 Å². The third-order valence-corrected chi connectivity index (χ3v) is 2.61. The van der Waals surface area contributed by atoms with Gasteiger partial charge in [-0.1, -0.05) is 20.8 Å². The fourth-order valence-corrected chi connectivity index (χ4v) is 1.53. The average Bonchev–Trinajstić information content (AvgIpc) is 2.26. The molecule has 1 aromatic rings. The van der Waals surface area contributed by atoms with Gasteiger partial charge >= 0.3 is 5.97 Å². The number of amides is 1. The van der Waals surface area contributed by atoms with E-state index in [4.69, 9.17) is 10.8 Å². The largest absolute Gasteiger partial charge is 0.478 e. The van der Waals surface area contributed by atoms with Gasteiger partial charge in [0.1, 0.15) is 5.82 Å². The third-order valence-electron chi connectivity index (χ3n) is 2.61. The fraction of sp³-hybridized carbons (Fsp3) is 0.462. The van der Waals surface area contributed by atoms with Gasteiger partial charge in [0.25, 0.3) is 0 Å². The van der Waals surface area contributed by atoms with E-state index in [1.165, 1.54) is 11.0 Å². The number of likely N-dealkylation sites (N-methyl/N-ethyl adjacent to an activating group) is 1. The van der Waals surface area contributed by atoms with Crippen molar-refractivity contribution in [2.75, 3.05) is 18.5 Å². The van der Waals surface area contributed by atoms with E-state index >= 15 is 0 Å². The molecule has 3 N–H and O–H groups in total. The maximum absolute atomic E-state index is 11.1. The topological polar surface area (TPSA) is 96.5 Å². The van der Waals surface area contributed by atoms with Gasteiger partial charge < -0.3 is 15.7 Å². The molecule has 0 aliphatic rings. The Hall–Kier alpha value is -2.11. The minimum absolute atomic E-state index is 0.0142. The number of primary amides is 1. The number of carbonyl (C=O) groups is 2. The van der Waals surface area contributed by atoms with Crippen LogP contribution in [0.25, 0.3) is 0 Å². The molecule has 0 saturated heterocycles. The van der Waals surface area contributed by atoms with Crippen LogP contribution in [-0.4, -0.2) is 35.6 Å². The summed E-state index contributed by atoms with van der Waals surface area (Å²) in [5.41, 5.74) is 5.64. The maximum atomic E-state index is 11.1. The first-order chi connectivity index (χ1) is 8.61. The molecule has 1 aromatic heterocycles. The van der Waals surface area contributed by atoms with Crippen molar-refractivity contribution in [3.63, 3.8) is 0 Å². The van der Waals surface area contributed by atoms with Gasteiger partial charge in [-0.15, -0.1) is 0 Å². The lowest BCUT2D eigenvalue weighted by Crippen LogP contribution is -2.31. The van der Waals surface area contributed by atoms with Crippen LogP contribution < -0.4 is 10.6 Å². The first-order valence-corrected chi connectivity index (χ1v) is 5.86. The molecular formula is C13H19N3O3. The Balaban J connectivity index is 3.28. The summed E-state index contributed by atoms with van der Waals surface area (Å²) in [4.78, 5) is 28.0. The van der Waals surface area contributed by atoms with Crippen LogP contribution in [0, 0.1) is 0 Å². The standard InChI is InChI=1S/C13H19N3O3/c1-13(2,3)9-5-8(12(18)19)6-11(15-9)16(4)7-10(14)17/h5-6H,7H2,1-4H3,(H2,14,17)(H,18,19). The molecule has 1 rings (SSSR count). The second kappa shape index (κ2) is 5.26. The normalized spacial score (nSPS) is 11.2. The molecule has 1 heterocycles. The van der Waals surface area contributed by atoms with Gasteiger partial charge in [-0.2, -0.15) is 0 Å². The highest BCUT2D eigenvalue weighted by molar-refractivity contribution is 5.89. The number of pyridine rings is 1. The molecular weight excluding hydrogens is 246 g/mol. The Kier molecular flexibility index (Phi) is 4.14. The number of rotatable bonds is 4. The quantitative estimate of drug-likeness (QED) is 0.846. The van der Waals surface area contributed by atoms with Gasteiger partial charge in [0.15, 0.2) is 0 Å². The molecule has 0 atom stereocenters. The van der Waals surface area contributed by atoms with E-state index in [1.807, 2.05) is 20.8 Å². The van der Waals surface area contributed by atoms with Crippen LogP contribution in [0.2, 0.25) is 0 Å². The maximum Gasteiger partial charge on any atom is 0.335 e. The van der Waals surface area contributed by atoms with Gasteiger partial charge in [-0.05, 0) is 12.1 Å². The van der Waals surface area contributed by atoms with Crippen molar-refractivity contribution in [2.45, 2.75) is 26.2 Å². The van der Waals surface area contributed by atoms with E-state index in [-0.39, 0.29) is 17.5 Å². The van der Waals surface area contributed by atoms with Crippen molar-refractivity contribution >= 4 is 17.7 Å². The van der Waals surface area contributed by atoms with Crippen LogP contribution in [0.15, 0.2) is 12.1 Å². The SMILES string of the molecule is CN(CC(N)=O)c1cc(C(=O)O)cc(C(C)(C)C)n1. The van der Waals surface area contributed by atoms with Crippen molar-refractivity contribution in [3.8, 4) is 0 Å². The van der Waals surface area contributed by atoms with Gasteiger partial charge in [0.05, 0.1) is 12.1 Å². The summed E-state index contributed by atoms with van der Waals surface area (Å²) in [5.74, 6) is -1.10. The molecule has 19 heavy (non-hydrogen) atoms. The number of hydrogen-bond acceptors (Lipinski definition) is 4. The lowest BCUT2D eigenvalue weighted by atomic mass is 9.90. The van der Waals surface area contributed by atoms with Gasteiger partial charge in [0, 0.05) is 18.2 Å². The highest BCUT2D eigenvalue weighted by Crippen LogP contribution is 2.24. The zero-order valence-corrected chi connectivity index (χ0v) is 11.6. The van der Waals surface area contributed by atoms with Gasteiger partial charge in [0.2, 0.25) is 5.91 Å². The number of carboxylic acid groups (broad SMARTS) is 1. The molecule has 0 aliphatic heterocycles. The summed E-state index contributed by atoms with van der Waals surface area (Å²) in [6.45, 7) is 5.82. The summed E-state index contributed by atoms with van der Waals surface area (Å²) < 4.78 is 0. The molecule has 6 heteroatoms. The van der Waals surface area contributed by atoms with E-state index < -0.39 is 11.9 Å². The third kappa shape index (κ3) is 3.94. The second-order valence-electron chi connectivity index (χ2n) is 5.48. The van der Waals surface area contributed by atoms with Crippen LogP contribution in [0.3, 0.4) is 0 Å². The van der Waals surface area contributed by atoms with Crippen molar-refractivity contribution in [1.29, 1.82) is 0 Å². The Morgan fingerprint density at radius 3 is 2.37 bits per heavy atom. The Morgan fingerprint density at radius 2 is 1.95 bits per heavy atom. The van der Waals surface area contributed by atoms with Crippen molar-refractivity contribution < 1.29 is 14.7 Å². The lowest BCUT2D eigenvalue weighted by Gasteiger charge is -2.22. The van der Waals surface area contributed by atoms with Crippen LogP contribution in [0.4, 0.5) is 5.82 Å². The molecule has 6 nitrogen and oxygen atoms in total. The molecule has 1 amide bonds. The molecule has 0 spiro atoms. The average molecular weight is 265 g/mol. The monoisotopic (exact) mass is 265 g/mol. The lowest BCUT2D eigenvalue weighted by molar-refractivity contribution is -0.116. The zero-order chi connectivity index (χ0) is 14.8. The molecule has 104 valence electrons. The van der Waals surface area contributed by atoms with Crippen molar-refractivity contribution in [3.05, 3.63) is 23.4 Å². The van der Waals surface area contributed by atoms with Crippen LogP contribution in [0.1, 0.15) is 36.8 Å². The molecule has 0 unspecified atom stereocenters. The summed E-state index contributed by atoms with van der Waals surface area (Å²) in [7, 11) is 1.64.